The van der Waals surface area contributed by atoms with E-state index < -0.39 is 48.7 Å². The Hall–Kier alpha value is -2.73. The molecule has 2 N–H and O–H groups in total. The molecule has 1 aliphatic rings. The highest BCUT2D eigenvalue weighted by molar-refractivity contribution is 5.59. The van der Waals surface area contributed by atoms with Gasteiger partial charge in [0.05, 0.1) is 24.6 Å². The molecule has 9 nitrogen and oxygen atoms in total. The number of hydrogen-bond acceptors (Lipinski definition) is 8. The zero-order valence-electron chi connectivity index (χ0n) is 20.3. The first-order chi connectivity index (χ1) is 16.5. The van der Waals surface area contributed by atoms with Crippen LogP contribution in [0, 0.1) is 18.6 Å². The topological polar surface area (TPSA) is 116 Å². The molecule has 2 aromatic heterocycles. The van der Waals surface area contributed by atoms with Gasteiger partial charge in [0, 0.05) is 30.6 Å². The molecule has 5 atom stereocenters. The summed E-state index contributed by atoms with van der Waals surface area (Å²) in [5.41, 5.74) is 0.619. The Bertz CT molecular complexity index is 1180. The summed E-state index contributed by atoms with van der Waals surface area (Å²) in [4.78, 5) is 0. The van der Waals surface area contributed by atoms with E-state index in [4.69, 9.17) is 14.0 Å². The van der Waals surface area contributed by atoms with Crippen molar-refractivity contribution >= 4 is 0 Å². The first kappa shape index (κ1) is 25.4. The molecule has 0 unspecified atom stereocenters. The maximum atomic E-state index is 14.5. The molecule has 3 aromatic rings. The van der Waals surface area contributed by atoms with Crippen LogP contribution in [0.4, 0.5) is 8.78 Å². The second-order valence-electron chi connectivity index (χ2n) is 9.86. The van der Waals surface area contributed by atoms with Crippen molar-refractivity contribution in [1.29, 1.82) is 0 Å². The van der Waals surface area contributed by atoms with Gasteiger partial charge in [-0.15, -0.1) is 5.10 Å². The zero-order chi connectivity index (χ0) is 25.5. The van der Waals surface area contributed by atoms with Crippen LogP contribution in [0.3, 0.4) is 0 Å². The number of aliphatic hydroxyl groups is 2. The summed E-state index contributed by atoms with van der Waals surface area (Å²) in [6, 6.07) is 3.89. The standard InChI is InChI=1S/C24H30F2N4O5/c1-12-6-7-14(20(26)19(12)25)15-10-30(29-27-15)21-22(32)17(11-31)34-16(23(21)33-5)8-13-9-18(35-28-13)24(2,3)4/h6-7,9-10,16-17,21-23,31-32H,8,11H2,1-5H3/t16-,17-,21+,22+,23+/m1/s1. The molecular weight excluding hydrogens is 462 g/mol. The van der Waals surface area contributed by atoms with Gasteiger partial charge in [-0.1, -0.05) is 37.2 Å². The molecule has 3 heterocycles. The Morgan fingerprint density at radius 2 is 1.91 bits per heavy atom. The molecular formula is C24H30F2N4O5. The minimum absolute atomic E-state index is 0.0533. The maximum absolute atomic E-state index is 14.5. The predicted molar refractivity (Wildman–Crippen MR) is 121 cm³/mol. The fraction of sp³-hybridized carbons (Fsp3) is 0.542. The average Bonchev–Trinajstić information content (AvgIpc) is 3.48. The van der Waals surface area contributed by atoms with Gasteiger partial charge < -0.3 is 24.2 Å². The summed E-state index contributed by atoms with van der Waals surface area (Å²) < 4.78 is 47.1. The Labute approximate surface area is 201 Å². The number of benzene rings is 1. The van der Waals surface area contributed by atoms with Crippen LogP contribution in [0.2, 0.25) is 0 Å². The third kappa shape index (κ3) is 4.86. The first-order valence-electron chi connectivity index (χ1n) is 11.3. The molecule has 1 fully saturated rings. The number of halogens is 2. The molecule has 1 aromatic carbocycles. The number of aliphatic hydroxyl groups excluding tert-OH is 2. The monoisotopic (exact) mass is 492 g/mol. The van der Waals surface area contributed by atoms with Gasteiger partial charge in [-0.3, -0.25) is 0 Å². The number of rotatable bonds is 6. The fourth-order valence-corrected chi connectivity index (χ4v) is 4.29. The SMILES string of the molecule is CO[C@@H]1[C@@H](n2cc(-c3ccc(C)c(F)c3F)nn2)[C@@H](O)[C@@H](CO)O[C@@H]1Cc1cc(C(C)(C)C)on1. The molecule has 1 saturated heterocycles. The molecule has 190 valence electrons. The lowest BCUT2D eigenvalue weighted by atomic mass is 9.89. The lowest BCUT2D eigenvalue weighted by molar-refractivity contribution is -0.212. The van der Waals surface area contributed by atoms with Crippen molar-refractivity contribution < 1.29 is 33.0 Å². The fourth-order valence-electron chi connectivity index (χ4n) is 4.29. The van der Waals surface area contributed by atoms with Crippen molar-refractivity contribution in [2.75, 3.05) is 13.7 Å². The molecule has 11 heteroatoms. The van der Waals surface area contributed by atoms with Crippen LogP contribution in [-0.2, 0) is 21.3 Å². The summed E-state index contributed by atoms with van der Waals surface area (Å²) >= 11 is 0. The van der Waals surface area contributed by atoms with Crippen molar-refractivity contribution in [3.05, 3.63) is 53.0 Å². The number of nitrogens with zero attached hydrogens (tertiary/aromatic N) is 4. The summed E-state index contributed by atoms with van der Waals surface area (Å²) in [6.07, 6.45) is -1.79. The van der Waals surface area contributed by atoms with Crippen LogP contribution in [0.5, 0.6) is 0 Å². The van der Waals surface area contributed by atoms with Gasteiger partial charge >= 0.3 is 0 Å². The summed E-state index contributed by atoms with van der Waals surface area (Å²) in [6.45, 7) is 7.04. The van der Waals surface area contributed by atoms with Crippen LogP contribution in [0.1, 0.15) is 43.8 Å². The molecule has 4 rings (SSSR count). The lowest BCUT2D eigenvalue weighted by Gasteiger charge is -2.43. The third-order valence-electron chi connectivity index (χ3n) is 6.31. The minimum Gasteiger partial charge on any atom is -0.394 e. The zero-order valence-corrected chi connectivity index (χ0v) is 20.3. The van der Waals surface area contributed by atoms with E-state index in [0.29, 0.717) is 11.5 Å². The number of hydrogen-bond donors (Lipinski definition) is 2. The highest BCUT2D eigenvalue weighted by atomic mass is 19.2. The van der Waals surface area contributed by atoms with E-state index in [9.17, 15) is 19.0 Å². The molecule has 0 spiro atoms. The first-order valence-corrected chi connectivity index (χ1v) is 11.3. The van der Waals surface area contributed by atoms with Crippen molar-refractivity contribution in [1.82, 2.24) is 20.2 Å². The van der Waals surface area contributed by atoms with Crippen LogP contribution in [0.15, 0.2) is 28.9 Å². The number of aromatic nitrogens is 4. The van der Waals surface area contributed by atoms with Crippen molar-refractivity contribution in [2.24, 2.45) is 0 Å². The van der Waals surface area contributed by atoms with Gasteiger partial charge in [0.25, 0.3) is 0 Å². The van der Waals surface area contributed by atoms with E-state index in [1.54, 1.807) is 0 Å². The molecule has 0 radical (unpaired) electrons. The van der Waals surface area contributed by atoms with E-state index in [2.05, 4.69) is 15.5 Å². The van der Waals surface area contributed by atoms with E-state index in [1.165, 1.54) is 37.0 Å². The Kier molecular flexibility index (Phi) is 7.05. The van der Waals surface area contributed by atoms with Crippen molar-refractivity contribution in [2.45, 2.75) is 70.0 Å². The lowest BCUT2D eigenvalue weighted by Crippen LogP contribution is -2.57. The highest BCUT2D eigenvalue weighted by Gasteiger charge is 2.47. The van der Waals surface area contributed by atoms with Crippen molar-refractivity contribution in [3.8, 4) is 11.3 Å². The Morgan fingerprint density at radius 1 is 1.17 bits per heavy atom. The highest BCUT2D eigenvalue weighted by Crippen LogP contribution is 2.35. The van der Waals surface area contributed by atoms with E-state index in [1.807, 2.05) is 26.8 Å². The number of ether oxygens (including phenoxy) is 2. The van der Waals surface area contributed by atoms with E-state index in [-0.39, 0.29) is 28.7 Å². The van der Waals surface area contributed by atoms with Gasteiger partial charge in [0.1, 0.15) is 35.8 Å². The normalized spacial score (nSPS) is 25.2. The second kappa shape index (κ2) is 9.73. The van der Waals surface area contributed by atoms with Gasteiger partial charge in [0.15, 0.2) is 11.6 Å². The Balaban J connectivity index is 1.66. The van der Waals surface area contributed by atoms with Crippen LogP contribution >= 0.6 is 0 Å². The van der Waals surface area contributed by atoms with Gasteiger partial charge in [-0.2, -0.15) is 0 Å². The molecule has 0 aliphatic carbocycles. The van der Waals surface area contributed by atoms with Gasteiger partial charge in [0.2, 0.25) is 0 Å². The maximum Gasteiger partial charge on any atom is 0.168 e. The summed E-state index contributed by atoms with van der Waals surface area (Å²) in [5, 5.41) is 33.0. The summed E-state index contributed by atoms with van der Waals surface area (Å²) in [7, 11) is 1.47. The molecule has 0 amide bonds. The molecule has 35 heavy (non-hydrogen) atoms. The van der Waals surface area contributed by atoms with Crippen LogP contribution < -0.4 is 0 Å². The van der Waals surface area contributed by atoms with E-state index >= 15 is 0 Å². The van der Waals surface area contributed by atoms with E-state index in [0.717, 1.165) is 0 Å². The van der Waals surface area contributed by atoms with Crippen LogP contribution in [0.25, 0.3) is 11.3 Å². The third-order valence-corrected chi connectivity index (χ3v) is 6.31. The quantitative estimate of drug-likeness (QED) is 0.540. The molecule has 0 bridgehead atoms. The molecule has 0 saturated carbocycles. The van der Waals surface area contributed by atoms with Gasteiger partial charge in [-0.05, 0) is 18.6 Å². The number of aryl methyl sites for hydroxylation is 1. The smallest absolute Gasteiger partial charge is 0.168 e. The minimum atomic E-state index is -1.21. The second-order valence-corrected chi connectivity index (χ2v) is 9.86. The largest absolute Gasteiger partial charge is 0.394 e. The average molecular weight is 493 g/mol. The van der Waals surface area contributed by atoms with Crippen molar-refractivity contribution in [3.63, 3.8) is 0 Å². The number of methoxy groups -OCH3 is 1. The predicted octanol–water partition coefficient (Wildman–Crippen LogP) is 2.74. The summed E-state index contributed by atoms with van der Waals surface area (Å²) in [5.74, 6) is -1.28. The molecule has 1 aliphatic heterocycles. The van der Waals surface area contributed by atoms with Crippen LogP contribution in [-0.4, -0.2) is 68.5 Å². The Morgan fingerprint density at radius 3 is 2.54 bits per heavy atom. The van der Waals surface area contributed by atoms with Gasteiger partial charge in [-0.25, -0.2) is 13.5 Å².